The van der Waals surface area contributed by atoms with Crippen molar-refractivity contribution in [2.24, 2.45) is 11.7 Å². The summed E-state index contributed by atoms with van der Waals surface area (Å²) in [5.41, 5.74) is 5.25. The minimum absolute atomic E-state index is 0.0146. The van der Waals surface area contributed by atoms with Crippen molar-refractivity contribution in [2.75, 3.05) is 6.54 Å². The van der Waals surface area contributed by atoms with Gasteiger partial charge in [0.1, 0.15) is 0 Å². The molecule has 0 radical (unpaired) electrons. The molecule has 0 aliphatic heterocycles. The van der Waals surface area contributed by atoms with Crippen LogP contribution < -0.4 is 11.1 Å². The molecule has 0 saturated heterocycles. The normalized spacial score (nSPS) is 28.2. The maximum atomic E-state index is 12.1. The van der Waals surface area contributed by atoms with E-state index in [0.29, 0.717) is 13.0 Å². The fraction of sp³-hybridized carbons (Fsp3) is 0.929. The van der Waals surface area contributed by atoms with E-state index in [2.05, 4.69) is 5.32 Å². The SMILES string of the molecule is CCCC(C)(O)CNC(=O)C1CCCCCC1N. The lowest BCUT2D eigenvalue weighted by molar-refractivity contribution is -0.127. The maximum Gasteiger partial charge on any atom is 0.224 e. The van der Waals surface area contributed by atoms with Crippen molar-refractivity contribution in [1.82, 2.24) is 5.32 Å². The first kappa shape index (κ1) is 15.4. The Morgan fingerprint density at radius 2 is 2.06 bits per heavy atom. The van der Waals surface area contributed by atoms with Crippen LogP contribution in [-0.2, 0) is 4.79 Å². The molecule has 0 aromatic rings. The van der Waals surface area contributed by atoms with E-state index in [9.17, 15) is 9.90 Å². The van der Waals surface area contributed by atoms with Gasteiger partial charge in [0.25, 0.3) is 0 Å². The number of nitrogens with two attached hydrogens (primary N) is 1. The Morgan fingerprint density at radius 3 is 2.72 bits per heavy atom. The van der Waals surface area contributed by atoms with Crippen LogP contribution in [0.4, 0.5) is 0 Å². The molecule has 4 nitrogen and oxygen atoms in total. The fourth-order valence-electron chi connectivity index (χ4n) is 2.70. The Kier molecular flexibility index (Phi) is 6.09. The van der Waals surface area contributed by atoms with Gasteiger partial charge in [0.15, 0.2) is 0 Å². The summed E-state index contributed by atoms with van der Waals surface area (Å²) in [7, 11) is 0. The molecule has 1 amide bonds. The molecule has 1 saturated carbocycles. The van der Waals surface area contributed by atoms with E-state index in [1.807, 2.05) is 6.92 Å². The average molecular weight is 256 g/mol. The van der Waals surface area contributed by atoms with Gasteiger partial charge in [-0.3, -0.25) is 4.79 Å². The molecule has 1 aliphatic carbocycles. The van der Waals surface area contributed by atoms with Crippen molar-refractivity contribution in [3.63, 3.8) is 0 Å². The largest absolute Gasteiger partial charge is 0.388 e. The molecule has 3 atom stereocenters. The van der Waals surface area contributed by atoms with Crippen molar-refractivity contribution < 1.29 is 9.90 Å². The predicted molar refractivity (Wildman–Crippen MR) is 73.1 cm³/mol. The van der Waals surface area contributed by atoms with Crippen molar-refractivity contribution in [2.45, 2.75) is 70.4 Å². The van der Waals surface area contributed by atoms with E-state index in [1.54, 1.807) is 6.92 Å². The summed E-state index contributed by atoms with van der Waals surface area (Å²) in [6, 6.07) is -0.0244. The first-order valence-corrected chi connectivity index (χ1v) is 7.22. The molecule has 1 aliphatic rings. The van der Waals surface area contributed by atoms with Gasteiger partial charge in [-0.15, -0.1) is 0 Å². The number of rotatable bonds is 5. The second-order valence-corrected chi connectivity index (χ2v) is 5.87. The van der Waals surface area contributed by atoms with Crippen LogP contribution in [0.1, 0.15) is 58.8 Å². The lowest BCUT2D eigenvalue weighted by atomic mass is 9.94. The lowest BCUT2D eigenvalue weighted by Crippen LogP contribution is -2.46. The molecular formula is C14H28N2O2. The molecule has 4 N–H and O–H groups in total. The van der Waals surface area contributed by atoms with Crippen molar-refractivity contribution in [3.8, 4) is 0 Å². The number of carbonyl (C=O) groups excluding carboxylic acids is 1. The minimum Gasteiger partial charge on any atom is -0.388 e. The number of hydrogen-bond acceptors (Lipinski definition) is 3. The first-order chi connectivity index (χ1) is 8.46. The summed E-state index contributed by atoms with van der Waals surface area (Å²) in [6.07, 6.45) is 6.79. The second kappa shape index (κ2) is 7.10. The predicted octanol–water partition coefficient (Wildman–Crippen LogP) is 1.56. The quantitative estimate of drug-likeness (QED) is 0.653. The zero-order chi connectivity index (χ0) is 13.6. The Morgan fingerprint density at radius 1 is 1.39 bits per heavy atom. The van der Waals surface area contributed by atoms with Gasteiger partial charge in [-0.1, -0.05) is 32.6 Å². The summed E-state index contributed by atoms with van der Waals surface area (Å²) >= 11 is 0. The first-order valence-electron chi connectivity index (χ1n) is 7.22. The van der Waals surface area contributed by atoms with Crippen molar-refractivity contribution >= 4 is 5.91 Å². The lowest BCUT2D eigenvalue weighted by Gasteiger charge is -2.26. The third-order valence-corrected chi connectivity index (χ3v) is 3.84. The van der Waals surface area contributed by atoms with Gasteiger partial charge in [0.2, 0.25) is 5.91 Å². The fourth-order valence-corrected chi connectivity index (χ4v) is 2.70. The molecule has 0 aromatic carbocycles. The molecule has 0 spiro atoms. The summed E-state index contributed by atoms with van der Waals surface area (Å²) in [5.74, 6) is -0.0642. The topological polar surface area (TPSA) is 75.3 Å². The second-order valence-electron chi connectivity index (χ2n) is 5.87. The molecule has 18 heavy (non-hydrogen) atoms. The van der Waals surface area contributed by atoms with E-state index in [4.69, 9.17) is 5.73 Å². The number of nitrogens with one attached hydrogen (secondary N) is 1. The standard InChI is InChI=1S/C14H28N2O2/c1-3-9-14(2,18)10-16-13(17)11-7-5-4-6-8-12(11)15/h11-12,18H,3-10,15H2,1-2H3,(H,16,17). The highest BCUT2D eigenvalue weighted by molar-refractivity contribution is 5.79. The zero-order valence-electron chi connectivity index (χ0n) is 11.7. The van der Waals surface area contributed by atoms with Gasteiger partial charge in [-0.2, -0.15) is 0 Å². The highest BCUT2D eigenvalue weighted by Crippen LogP contribution is 2.22. The van der Waals surface area contributed by atoms with Gasteiger partial charge in [0.05, 0.1) is 11.5 Å². The molecule has 1 fully saturated rings. The highest BCUT2D eigenvalue weighted by atomic mass is 16.3. The van der Waals surface area contributed by atoms with Crippen LogP contribution in [0.5, 0.6) is 0 Å². The monoisotopic (exact) mass is 256 g/mol. The van der Waals surface area contributed by atoms with Crippen LogP contribution in [-0.4, -0.2) is 29.2 Å². The van der Waals surface area contributed by atoms with Gasteiger partial charge in [-0.25, -0.2) is 0 Å². The van der Waals surface area contributed by atoms with Crippen LogP contribution in [0, 0.1) is 5.92 Å². The maximum absolute atomic E-state index is 12.1. The van der Waals surface area contributed by atoms with E-state index in [-0.39, 0.29) is 17.9 Å². The van der Waals surface area contributed by atoms with Gasteiger partial charge in [-0.05, 0) is 26.2 Å². The molecule has 3 unspecified atom stereocenters. The highest BCUT2D eigenvalue weighted by Gasteiger charge is 2.28. The molecule has 106 valence electrons. The van der Waals surface area contributed by atoms with Gasteiger partial charge in [0, 0.05) is 12.6 Å². The molecule has 1 rings (SSSR count). The summed E-state index contributed by atoms with van der Waals surface area (Å²) in [4.78, 5) is 12.1. The van der Waals surface area contributed by atoms with E-state index < -0.39 is 5.60 Å². The van der Waals surface area contributed by atoms with E-state index in [0.717, 1.165) is 32.1 Å². The number of aliphatic hydroxyl groups is 1. The Labute approximate surface area is 110 Å². The van der Waals surface area contributed by atoms with Crippen LogP contribution in [0.3, 0.4) is 0 Å². The molecule has 0 aromatic heterocycles. The van der Waals surface area contributed by atoms with E-state index in [1.165, 1.54) is 6.42 Å². The number of hydrogen-bond donors (Lipinski definition) is 3. The molecule has 0 bridgehead atoms. The average Bonchev–Trinajstić information content (AvgIpc) is 2.51. The zero-order valence-corrected chi connectivity index (χ0v) is 11.7. The molecular weight excluding hydrogens is 228 g/mol. The van der Waals surface area contributed by atoms with Crippen LogP contribution in [0.15, 0.2) is 0 Å². The number of carbonyl (C=O) groups is 1. The Bertz CT molecular complexity index is 267. The summed E-state index contributed by atoms with van der Waals surface area (Å²) in [6.45, 7) is 4.12. The van der Waals surface area contributed by atoms with Crippen molar-refractivity contribution in [3.05, 3.63) is 0 Å². The van der Waals surface area contributed by atoms with Crippen LogP contribution in [0.25, 0.3) is 0 Å². The minimum atomic E-state index is -0.806. The number of amides is 1. The van der Waals surface area contributed by atoms with E-state index >= 15 is 0 Å². The molecule has 4 heteroatoms. The van der Waals surface area contributed by atoms with Gasteiger partial charge >= 0.3 is 0 Å². The third kappa shape index (κ3) is 4.94. The molecule has 0 heterocycles. The Hall–Kier alpha value is -0.610. The summed E-state index contributed by atoms with van der Waals surface area (Å²) < 4.78 is 0. The summed E-state index contributed by atoms with van der Waals surface area (Å²) in [5, 5.41) is 12.9. The van der Waals surface area contributed by atoms with Gasteiger partial charge < -0.3 is 16.2 Å². The Balaban J connectivity index is 2.43. The smallest absolute Gasteiger partial charge is 0.224 e. The van der Waals surface area contributed by atoms with Crippen molar-refractivity contribution in [1.29, 1.82) is 0 Å². The van der Waals surface area contributed by atoms with Crippen LogP contribution in [0.2, 0.25) is 0 Å². The van der Waals surface area contributed by atoms with Crippen LogP contribution >= 0.6 is 0 Å². The third-order valence-electron chi connectivity index (χ3n) is 3.84.